The van der Waals surface area contributed by atoms with Gasteiger partial charge >= 0.3 is 5.97 Å². The molecule has 0 unspecified atom stereocenters. The molecule has 1 aromatic rings. The molecule has 0 heterocycles. The Morgan fingerprint density at radius 3 is 2.53 bits per heavy atom. The quantitative estimate of drug-likeness (QED) is 0.685. The van der Waals surface area contributed by atoms with E-state index < -0.39 is 12.0 Å². The Kier molecular flexibility index (Phi) is 5.45. The van der Waals surface area contributed by atoms with Crippen LogP contribution in [0.25, 0.3) is 0 Å². The predicted molar refractivity (Wildman–Crippen MR) is 64.7 cm³/mol. The fourth-order valence-electron chi connectivity index (χ4n) is 1.39. The van der Waals surface area contributed by atoms with Crippen molar-refractivity contribution in [3.8, 4) is 5.75 Å². The maximum Gasteiger partial charge on any atom is 0.322 e. The van der Waals surface area contributed by atoms with Gasteiger partial charge in [0.2, 0.25) is 0 Å². The molecule has 0 aromatic heterocycles. The summed E-state index contributed by atoms with van der Waals surface area (Å²) in [7, 11) is 1.33. The molecule has 0 aliphatic rings. The Hall–Kier alpha value is -1.59. The van der Waals surface area contributed by atoms with Gasteiger partial charge in [-0.1, -0.05) is 12.1 Å². The molecular formula is C12H18N2O3. The number of hydrogen-bond acceptors (Lipinski definition) is 5. The van der Waals surface area contributed by atoms with Crippen molar-refractivity contribution in [3.63, 3.8) is 0 Å². The second-order valence-corrected chi connectivity index (χ2v) is 3.61. The molecule has 0 aliphatic heterocycles. The van der Waals surface area contributed by atoms with E-state index in [1.807, 2.05) is 24.3 Å². The van der Waals surface area contributed by atoms with Crippen LogP contribution in [0, 0.1) is 0 Å². The molecule has 0 amide bonds. The van der Waals surface area contributed by atoms with Crippen molar-refractivity contribution in [2.24, 2.45) is 11.5 Å². The van der Waals surface area contributed by atoms with Gasteiger partial charge in [-0.25, -0.2) is 0 Å². The molecule has 17 heavy (non-hydrogen) atoms. The van der Waals surface area contributed by atoms with E-state index in [4.69, 9.17) is 16.2 Å². The average molecular weight is 238 g/mol. The smallest absolute Gasteiger partial charge is 0.322 e. The standard InChI is InChI=1S/C12H18N2O3/c1-16-12(15)11(14)8-9-2-4-10(5-3-9)17-7-6-13/h2-5,11H,6-8,13-14H2,1H3/t11-/m0/s1. The predicted octanol–water partition coefficient (Wildman–Crippen LogP) is 0.0669. The number of rotatable bonds is 6. The van der Waals surface area contributed by atoms with Gasteiger partial charge in [-0.2, -0.15) is 0 Å². The van der Waals surface area contributed by atoms with Crippen LogP contribution in [0.2, 0.25) is 0 Å². The minimum absolute atomic E-state index is 0.409. The maximum atomic E-state index is 11.1. The zero-order valence-electron chi connectivity index (χ0n) is 9.89. The second-order valence-electron chi connectivity index (χ2n) is 3.61. The van der Waals surface area contributed by atoms with E-state index in [1.165, 1.54) is 7.11 Å². The Morgan fingerprint density at radius 1 is 1.35 bits per heavy atom. The van der Waals surface area contributed by atoms with E-state index >= 15 is 0 Å². The number of esters is 1. The van der Waals surface area contributed by atoms with Crippen LogP contribution in [0.3, 0.4) is 0 Å². The highest BCUT2D eigenvalue weighted by molar-refractivity contribution is 5.75. The van der Waals surface area contributed by atoms with Crippen molar-refractivity contribution < 1.29 is 14.3 Å². The largest absolute Gasteiger partial charge is 0.492 e. The van der Waals surface area contributed by atoms with Crippen LogP contribution in [-0.2, 0) is 16.0 Å². The maximum absolute atomic E-state index is 11.1. The minimum Gasteiger partial charge on any atom is -0.492 e. The first-order valence-electron chi connectivity index (χ1n) is 5.42. The molecule has 1 aromatic carbocycles. The van der Waals surface area contributed by atoms with E-state index in [-0.39, 0.29) is 0 Å². The number of nitrogens with two attached hydrogens (primary N) is 2. The second kappa shape index (κ2) is 6.88. The van der Waals surface area contributed by atoms with E-state index in [0.29, 0.717) is 19.6 Å². The zero-order chi connectivity index (χ0) is 12.7. The molecule has 0 saturated carbocycles. The fraction of sp³-hybridized carbons (Fsp3) is 0.417. The summed E-state index contributed by atoms with van der Waals surface area (Å²) in [5.74, 6) is 0.347. The highest BCUT2D eigenvalue weighted by Crippen LogP contribution is 2.13. The Morgan fingerprint density at radius 2 is 2.00 bits per heavy atom. The van der Waals surface area contributed by atoms with Crippen LogP contribution in [0.4, 0.5) is 0 Å². The van der Waals surface area contributed by atoms with E-state index in [1.54, 1.807) is 0 Å². The van der Waals surface area contributed by atoms with Crippen LogP contribution >= 0.6 is 0 Å². The first-order valence-corrected chi connectivity index (χ1v) is 5.42. The molecule has 1 atom stereocenters. The van der Waals surface area contributed by atoms with Crippen LogP contribution in [0.1, 0.15) is 5.56 Å². The molecule has 0 fully saturated rings. The Bertz CT molecular complexity index is 351. The number of hydrogen-bond donors (Lipinski definition) is 2. The molecule has 0 bridgehead atoms. The fourth-order valence-corrected chi connectivity index (χ4v) is 1.39. The number of methoxy groups -OCH3 is 1. The zero-order valence-corrected chi connectivity index (χ0v) is 9.89. The number of carbonyl (C=O) groups excluding carboxylic acids is 1. The lowest BCUT2D eigenvalue weighted by atomic mass is 10.1. The van der Waals surface area contributed by atoms with Gasteiger partial charge < -0.3 is 20.9 Å². The van der Waals surface area contributed by atoms with Gasteiger partial charge in [0, 0.05) is 6.54 Å². The third kappa shape index (κ3) is 4.42. The molecule has 5 heteroatoms. The summed E-state index contributed by atoms with van der Waals surface area (Å²) in [4.78, 5) is 11.1. The monoisotopic (exact) mass is 238 g/mol. The first kappa shape index (κ1) is 13.5. The third-order valence-electron chi connectivity index (χ3n) is 2.27. The topological polar surface area (TPSA) is 87.6 Å². The summed E-state index contributed by atoms with van der Waals surface area (Å²) in [6, 6.07) is 6.77. The molecule has 0 spiro atoms. The van der Waals surface area contributed by atoms with Crippen molar-refractivity contribution in [1.82, 2.24) is 0 Å². The van der Waals surface area contributed by atoms with Crippen LogP contribution < -0.4 is 16.2 Å². The Labute approximate surface area is 101 Å². The normalized spacial score (nSPS) is 11.9. The highest BCUT2D eigenvalue weighted by atomic mass is 16.5. The van der Waals surface area contributed by atoms with Crippen LogP contribution in [0.5, 0.6) is 5.75 Å². The van der Waals surface area contributed by atoms with Gasteiger partial charge in [0.25, 0.3) is 0 Å². The summed E-state index contributed by atoms with van der Waals surface area (Å²) in [5, 5.41) is 0. The average Bonchev–Trinajstić information content (AvgIpc) is 2.37. The van der Waals surface area contributed by atoms with Gasteiger partial charge in [0.1, 0.15) is 18.4 Å². The van der Waals surface area contributed by atoms with Gasteiger partial charge in [0.05, 0.1) is 7.11 Å². The summed E-state index contributed by atoms with van der Waals surface area (Å²) < 4.78 is 9.89. The lowest BCUT2D eigenvalue weighted by Gasteiger charge is -2.10. The molecule has 4 N–H and O–H groups in total. The molecule has 1 rings (SSSR count). The van der Waals surface area contributed by atoms with Crippen molar-refractivity contribution in [2.75, 3.05) is 20.3 Å². The van der Waals surface area contributed by atoms with Gasteiger partial charge in [0.15, 0.2) is 0 Å². The van der Waals surface area contributed by atoms with E-state index in [9.17, 15) is 4.79 Å². The van der Waals surface area contributed by atoms with Crippen molar-refractivity contribution in [1.29, 1.82) is 0 Å². The Balaban J connectivity index is 2.53. The molecule has 0 saturated heterocycles. The number of ether oxygens (including phenoxy) is 2. The SMILES string of the molecule is COC(=O)[C@@H](N)Cc1ccc(OCCN)cc1. The van der Waals surface area contributed by atoms with Gasteiger partial charge in [-0.05, 0) is 24.1 Å². The summed E-state index contributed by atoms with van der Waals surface area (Å²) in [5.41, 5.74) is 11.9. The third-order valence-corrected chi connectivity index (χ3v) is 2.27. The number of benzene rings is 1. The highest BCUT2D eigenvalue weighted by Gasteiger charge is 2.13. The molecule has 94 valence electrons. The van der Waals surface area contributed by atoms with E-state index in [2.05, 4.69) is 4.74 Å². The molecule has 5 nitrogen and oxygen atoms in total. The van der Waals surface area contributed by atoms with Crippen molar-refractivity contribution in [3.05, 3.63) is 29.8 Å². The van der Waals surface area contributed by atoms with Gasteiger partial charge in [-0.3, -0.25) is 4.79 Å². The minimum atomic E-state index is -0.629. The van der Waals surface area contributed by atoms with Gasteiger partial charge in [-0.15, -0.1) is 0 Å². The van der Waals surface area contributed by atoms with E-state index in [0.717, 1.165) is 11.3 Å². The van der Waals surface area contributed by atoms with Crippen molar-refractivity contribution >= 4 is 5.97 Å². The summed E-state index contributed by atoms with van der Waals surface area (Å²) in [6.45, 7) is 0.968. The van der Waals surface area contributed by atoms with Crippen LogP contribution in [-0.4, -0.2) is 32.3 Å². The molecule has 0 aliphatic carbocycles. The lowest BCUT2D eigenvalue weighted by Crippen LogP contribution is -2.33. The number of carbonyl (C=O) groups is 1. The van der Waals surface area contributed by atoms with Crippen molar-refractivity contribution in [2.45, 2.75) is 12.5 Å². The molecular weight excluding hydrogens is 220 g/mol. The molecule has 0 radical (unpaired) electrons. The lowest BCUT2D eigenvalue weighted by molar-refractivity contribution is -0.142. The summed E-state index contributed by atoms with van der Waals surface area (Å²) in [6.07, 6.45) is 0.448. The summed E-state index contributed by atoms with van der Waals surface area (Å²) >= 11 is 0. The first-order chi connectivity index (χ1) is 8.17. The van der Waals surface area contributed by atoms with Crippen LogP contribution in [0.15, 0.2) is 24.3 Å².